The molecule has 1 aliphatic rings. The number of halogens is 3. The van der Waals surface area contributed by atoms with Gasteiger partial charge in [-0.2, -0.15) is 18.3 Å². The van der Waals surface area contributed by atoms with E-state index in [2.05, 4.69) is 15.1 Å². The number of aryl methyl sites for hydroxylation is 1. The van der Waals surface area contributed by atoms with Gasteiger partial charge in [0.05, 0.1) is 5.01 Å². The Morgan fingerprint density at radius 1 is 1.29 bits per heavy atom. The highest BCUT2D eigenvalue weighted by atomic mass is 32.1. The Balaban J connectivity index is 1.35. The van der Waals surface area contributed by atoms with Gasteiger partial charge in [-0.15, -0.1) is 11.3 Å². The van der Waals surface area contributed by atoms with Gasteiger partial charge < -0.3 is 10.0 Å². The molecule has 1 aliphatic heterocycles. The van der Waals surface area contributed by atoms with Crippen LogP contribution in [0.3, 0.4) is 0 Å². The number of nitrogens with zero attached hydrogens (tertiary/aromatic N) is 6. The molecule has 0 bridgehead atoms. The zero-order valence-electron chi connectivity index (χ0n) is 19.0. The molecule has 0 spiro atoms. The summed E-state index contributed by atoms with van der Waals surface area (Å²) in [5.41, 5.74) is -0.803. The van der Waals surface area contributed by atoms with Gasteiger partial charge in [0.25, 0.3) is 5.91 Å². The average molecular weight is 509 g/mol. The first-order valence-corrected chi connectivity index (χ1v) is 11.7. The molecule has 0 atom stereocenters. The summed E-state index contributed by atoms with van der Waals surface area (Å²) >= 11 is 1.41. The fourth-order valence-electron chi connectivity index (χ4n) is 3.86. The maximum Gasteiger partial charge on any atom is 0.435 e. The van der Waals surface area contributed by atoms with E-state index in [9.17, 15) is 27.9 Å². The van der Waals surface area contributed by atoms with Gasteiger partial charge in [0.15, 0.2) is 11.4 Å². The summed E-state index contributed by atoms with van der Waals surface area (Å²) in [6.07, 6.45) is -1.85. The van der Waals surface area contributed by atoms with E-state index in [1.165, 1.54) is 41.5 Å². The minimum absolute atomic E-state index is 0.0638. The minimum Gasteiger partial charge on any atom is -0.505 e. The van der Waals surface area contributed by atoms with E-state index >= 15 is 0 Å². The Kier molecular flexibility index (Phi) is 6.79. The molecule has 4 heterocycles. The number of carbonyl (C=O) groups is 2. The summed E-state index contributed by atoms with van der Waals surface area (Å²) in [5, 5.41) is 16.0. The van der Waals surface area contributed by atoms with Crippen LogP contribution in [0.4, 0.5) is 19.0 Å². The number of amides is 2. The molecule has 1 saturated heterocycles. The molecule has 3 aromatic heterocycles. The van der Waals surface area contributed by atoms with Crippen LogP contribution in [0.1, 0.15) is 45.6 Å². The molecule has 1 N–H and O–H groups in total. The number of anilines is 1. The smallest absolute Gasteiger partial charge is 0.435 e. The van der Waals surface area contributed by atoms with E-state index in [0.29, 0.717) is 31.7 Å². The van der Waals surface area contributed by atoms with E-state index in [1.54, 1.807) is 17.3 Å². The van der Waals surface area contributed by atoms with Crippen molar-refractivity contribution in [3.05, 3.63) is 51.9 Å². The van der Waals surface area contributed by atoms with Crippen molar-refractivity contribution >= 4 is 29.0 Å². The van der Waals surface area contributed by atoms with Crippen molar-refractivity contribution in [2.24, 2.45) is 0 Å². The third-order valence-corrected chi connectivity index (χ3v) is 6.90. The van der Waals surface area contributed by atoms with Crippen molar-refractivity contribution in [3.63, 3.8) is 0 Å². The summed E-state index contributed by atoms with van der Waals surface area (Å²) in [6, 6.07) is 3.84. The number of rotatable bonds is 5. The van der Waals surface area contributed by atoms with Crippen LogP contribution in [0.15, 0.2) is 29.8 Å². The van der Waals surface area contributed by atoms with Gasteiger partial charge in [0.2, 0.25) is 5.91 Å². The van der Waals surface area contributed by atoms with Crippen LogP contribution < -0.4 is 4.90 Å². The third kappa shape index (κ3) is 5.29. The van der Waals surface area contributed by atoms with E-state index in [4.69, 9.17) is 0 Å². The molecule has 9 nitrogen and oxygen atoms in total. The second kappa shape index (κ2) is 9.64. The quantitative estimate of drug-likeness (QED) is 0.566. The number of likely N-dealkylation sites (tertiary alicyclic amines) is 1. The third-order valence-electron chi connectivity index (χ3n) is 5.90. The number of hydrogen-bond donors (Lipinski definition) is 1. The van der Waals surface area contributed by atoms with Crippen molar-refractivity contribution in [1.82, 2.24) is 24.6 Å². The Morgan fingerprint density at radius 2 is 2.00 bits per heavy atom. The molecule has 13 heteroatoms. The first kappa shape index (κ1) is 24.6. The lowest BCUT2D eigenvalue weighted by atomic mass is 9.97. The normalized spacial score (nSPS) is 14.8. The highest BCUT2D eigenvalue weighted by Crippen LogP contribution is 2.33. The molecule has 0 unspecified atom stereocenters. The van der Waals surface area contributed by atoms with Gasteiger partial charge >= 0.3 is 6.18 Å². The van der Waals surface area contributed by atoms with E-state index < -0.39 is 17.8 Å². The molecule has 4 rings (SSSR count). The fourth-order valence-corrected chi connectivity index (χ4v) is 4.87. The van der Waals surface area contributed by atoms with Crippen LogP contribution in [0.5, 0.6) is 5.75 Å². The Morgan fingerprint density at radius 3 is 2.63 bits per heavy atom. The lowest BCUT2D eigenvalue weighted by Crippen LogP contribution is -2.40. The van der Waals surface area contributed by atoms with Crippen molar-refractivity contribution in [3.8, 4) is 5.75 Å². The zero-order valence-corrected chi connectivity index (χ0v) is 19.8. The highest BCUT2D eigenvalue weighted by molar-refractivity contribution is 7.10. The van der Waals surface area contributed by atoms with Crippen LogP contribution in [0.2, 0.25) is 0 Å². The van der Waals surface area contributed by atoms with E-state index in [-0.39, 0.29) is 35.5 Å². The fraction of sp³-hybridized carbons (Fsp3) is 0.409. The monoisotopic (exact) mass is 508 g/mol. The Labute approximate surface area is 202 Å². The van der Waals surface area contributed by atoms with Gasteiger partial charge in [-0.05, 0) is 38.0 Å². The first-order valence-electron chi connectivity index (χ1n) is 10.8. The van der Waals surface area contributed by atoms with Gasteiger partial charge in [0, 0.05) is 43.3 Å². The largest absolute Gasteiger partial charge is 0.505 e. The number of piperidine rings is 1. The van der Waals surface area contributed by atoms with E-state index in [1.807, 2.05) is 0 Å². The molecule has 0 radical (unpaired) electrons. The molecule has 3 aromatic rings. The number of pyridine rings is 1. The van der Waals surface area contributed by atoms with E-state index in [0.717, 1.165) is 15.8 Å². The second-order valence-corrected chi connectivity index (χ2v) is 9.15. The summed E-state index contributed by atoms with van der Waals surface area (Å²) in [5.74, 6) is -0.454. The Bertz CT molecular complexity index is 1230. The van der Waals surface area contributed by atoms with Crippen molar-refractivity contribution < 1.29 is 27.9 Å². The SMILES string of the molecule is Cc1cc(C(F)(F)F)nn1CC(=O)N1CCC(c2nc(N(C)C(=O)c3ncccc3O)cs2)CC1. The van der Waals surface area contributed by atoms with Crippen LogP contribution >= 0.6 is 11.3 Å². The molecular weight excluding hydrogens is 485 g/mol. The zero-order chi connectivity index (χ0) is 25.3. The van der Waals surface area contributed by atoms with Crippen molar-refractivity contribution in [2.45, 2.75) is 38.4 Å². The Hall–Kier alpha value is -3.48. The number of thiazole rings is 1. The maximum atomic E-state index is 12.9. The standard InChI is InChI=1S/C22H23F3N6O3S/c1-13-10-16(22(23,24)25)28-31(13)11-18(33)30-8-5-14(6-9-30)20-27-17(12-35-20)29(2)21(34)19-15(32)4-3-7-26-19/h3-4,7,10,12,14,32H,5-6,8-9,11H2,1-2H3. The van der Waals surface area contributed by atoms with Crippen LogP contribution in [-0.2, 0) is 17.5 Å². The number of aromatic nitrogens is 4. The number of carbonyl (C=O) groups excluding carboxylic acids is 2. The van der Waals surface area contributed by atoms with Crippen molar-refractivity contribution in [1.29, 1.82) is 0 Å². The summed E-state index contributed by atoms with van der Waals surface area (Å²) < 4.78 is 39.7. The molecular formula is C22H23F3N6O3S. The van der Waals surface area contributed by atoms with Gasteiger partial charge in [0.1, 0.15) is 18.1 Å². The summed E-state index contributed by atoms with van der Waals surface area (Å²) in [6.45, 7) is 2.13. The average Bonchev–Trinajstić information content (AvgIpc) is 3.46. The predicted molar refractivity (Wildman–Crippen MR) is 121 cm³/mol. The molecule has 0 saturated carbocycles. The topological polar surface area (TPSA) is 104 Å². The lowest BCUT2D eigenvalue weighted by molar-refractivity contribution is -0.142. The van der Waals surface area contributed by atoms with Crippen LogP contribution in [0, 0.1) is 6.92 Å². The predicted octanol–water partition coefficient (Wildman–Crippen LogP) is 3.45. The molecule has 0 aliphatic carbocycles. The number of aromatic hydroxyl groups is 1. The lowest BCUT2D eigenvalue weighted by Gasteiger charge is -2.31. The number of hydrogen-bond acceptors (Lipinski definition) is 7. The molecule has 186 valence electrons. The van der Waals surface area contributed by atoms with Crippen LogP contribution in [-0.4, -0.2) is 61.7 Å². The minimum atomic E-state index is -4.55. The maximum absolute atomic E-state index is 12.9. The summed E-state index contributed by atoms with van der Waals surface area (Å²) in [4.78, 5) is 36.8. The second-order valence-electron chi connectivity index (χ2n) is 8.26. The molecule has 0 aromatic carbocycles. The summed E-state index contributed by atoms with van der Waals surface area (Å²) in [7, 11) is 1.55. The molecule has 35 heavy (non-hydrogen) atoms. The molecule has 1 fully saturated rings. The van der Waals surface area contributed by atoms with Crippen molar-refractivity contribution in [2.75, 3.05) is 25.0 Å². The highest BCUT2D eigenvalue weighted by Gasteiger charge is 2.35. The van der Waals surface area contributed by atoms with Gasteiger partial charge in [-0.3, -0.25) is 19.2 Å². The van der Waals surface area contributed by atoms with Gasteiger partial charge in [-0.25, -0.2) is 9.97 Å². The van der Waals surface area contributed by atoms with Gasteiger partial charge in [-0.1, -0.05) is 0 Å². The first-order chi connectivity index (χ1) is 16.5. The number of alkyl halides is 3. The van der Waals surface area contributed by atoms with Crippen LogP contribution in [0.25, 0.3) is 0 Å². The molecule has 2 amide bonds.